The van der Waals surface area contributed by atoms with E-state index in [4.69, 9.17) is 16.3 Å². The first-order valence-electron chi connectivity index (χ1n) is 4.44. The minimum absolute atomic E-state index is 0.433. The normalized spacial score (nSPS) is 18.2. The Labute approximate surface area is 86.1 Å². The molecule has 1 heterocycles. The van der Waals surface area contributed by atoms with Gasteiger partial charge in [-0.05, 0) is 24.4 Å². The van der Waals surface area contributed by atoms with Crippen LogP contribution in [0.25, 0.3) is 0 Å². The molecule has 2 rings (SSSR count). The summed E-state index contributed by atoms with van der Waals surface area (Å²) in [4.78, 5) is 0. The molecule has 3 nitrogen and oxygen atoms in total. The Morgan fingerprint density at radius 3 is 2.77 bits per heavy atom. The molecule has 0 aliphatic heterocycles. The van der Waals surface area contributed by atoms with Gasteiger partial charge in [-0.25, -0.2) is 0 Å². The van der Waals surface area contributed by atoms with Gasteiger partial charge in [0.15, 0.2) is 0 Å². The van der Waals surface area contributed by atoms with Crippen LogP contribution in [0.1, 0.15) is 30.7 Å². The van der Waals surface area contributed by atoms with Crippen molar-refractivity contribution in [3.8, 4) is 0 Å². The molecular formula is C8H11ClN2OS. The second kappa shape index (κ2) is 4.35. The predicted octanol–water partition coefficient (Wildman–Crippen LogP) is 2.65. The van der Waals surface area contributed by atoms with E-state index in [0.717, 1.165) is 5.01 Å². The highest BCUT2D eigenvalue weighted by atomic mass is 35.5. The Kier molecular flexibility index (Phi) is 3.14. The molecule has 1 saturated carbocycles. The molecule has 1 fully saturated rings. The first kappa shape index (κ1) is 9.37. The summed E-state index contributed by atoms with van der Waals surface area (Å²) in [5.41, 5.74) is 0. The van der Waals surface area contributed by atoms with Crippen molar-refractivity contribution in [3.05, 3.63) is 9.47 Å². The first-order valence-corrected chi connectivity index (χ1v) is 5.63. The maximum absolute atomic E-state index is 5.65. The second-order valence-electron chi connectivity index (χ2n) is 3.17. The summed E-state index contributed by atoms with van der Waals surface area (Å²) in [5, 5.41) is 8.48. The van der Waals surface area contributed by atoms with E-state index in [1.165, 1.54) is 37.0 Å². The zero-order chi connectivity index (χ0) is 9.10. The minimum Gasteiger partial charge on any atom is -0.371 e. The molecule has 1 aliphatic carbocycles. The molecule has 13 heavy (non-hydrogen) atoms. The monoisotopic (exact) mass is 218 g/mol. The van der Waals surface area contributed by atoms with Gasteiger partial charge in [0, 0.05) is 0 Å². The number of hydrogen-bond acceptors (Lipinski definition) is 4. The maximum atomic E-state index is 5.65. The van der Waals surface area contributed by atoms with Gasteiger partial charge >= 0.3 is 0 Å². The Morgan fingerprint density at radius 1 is 1.38 bits per heavy atom. The molecule has 0 saturated heterocycles. The van der Waals surface area contributed by atoms with Gasteiger partial charge in [-0.3, -0.25) is 0 Å². The van der Waals surface area contributed by atoms with Crippen LogP contribution in [0.3, 0.4) is 0 Å². The quantitative estimate of drug-likeness (QED) is 0.783. The molecule has 0 radical (unpaired) electrons. The molecule has 5 heteroatoms. The average molecular weight is 219 g/mol. The van der Waals surface area contributed by atoms with E-state index < -0.39 is 0 Å². The van der Waals surface area contributed by atoms with Gasteiger partial charge in [0.1, 0.15) is 11.6 Å². The van der Waals surface area contributed by atoms with Crippen molar-refractivity contribution in [1.29, 1.82) is 0 Å². The zero-order valence-electron chi connectivity index (χ0n) is 7.20. The fourth-order valence-corrected chi connectivity index (χ4v) is 2.33. The third-order valence-corrected chi connectivity index (χ3v) is 3.18. The van der Waals surface area contributed by atoms with Crippen LogP contribution < -0.4 is 0 Å². The van der Waals surface area contributed by atoms with Crippen LogP contribution in [0.5, 0.6) is 0 Å². The van der Waals surface area contributed by atoms with Crippen LogP contribution in [-0.4, -0.2) is 16.3 Å². The van der Waals surface area contributed by atoms with E-state index in [1.807, 2.05) is 0 Å². The Hall–Kier alpha value is -0.190. The number of aromatic nitrogens is 2. The van der Waals surface area contributed by atoms with Crippen LogP contribution in [-0.2, 0) is 11.3 Å². The predicted molar refractivity (Wildman–Crippen MR) is 52.0 cm³/mol. The summed E-state index contributed by atoms with van der Waals surface area (Å²) in [6.07, 6.45) is 5.39. The molecule has 0 bridgehead atoms. The molecule has 0 atom stereocenters. The molecule has 0 amide bonds. The lowest BCUT2D eigenvalue weighted by molar-refractivity contribution is 0.0453. The molecule has 0 aromatic carbocycles. The van der Waals surface area contributed by atoms with Gasteiger partial charge in [-0.15, -0.1) is 10.2 Å². The van der Waals surface area contributed by atoms with E-state index in [-0.39, 0.29) is 0 Å². The topological polar surface area (TPSA) is 35.0 Å². The molecule has 0 unspecified atom stereocenters. The van der Waals surface area contributed by atoms with E-state index in [9.17, 15) is 0 Å². The van der Waals surface area contributed by atoms with E-state index in [1.54, 1.807) is 0 Å². The number of hydrogen-bond donors (Lipinski definition) is 0. The lowest BCUT2D eigenvalue weighted by Crippen LogP contribution is -2.06. The zero-order valence-corrected chi connectivity index (χ0v) is 8.77. The summed E-state index contributed by atoms with van der Waals surface area (Å²) >= 11 is 7.03. The molecule has 1 aromatic rings. The van der Waals surface area contributed by atoms with Crippen LogP contribution >= 0.6 is 22.9 Å². The van der Waals surface area contributed by atoms with Crippen molar-refractivity contribution in [2.24, 2.45) is 0 Å². The summed E-state index contributed by atoms with van der Waals surface area (Å²) in [6.45, 7) is 0.565. The number of ether oxygens (including phenoxy) is 1. The largest absolute Gasteiger partial charge is 0.371 e. The molecule has 72 valence electrons. The van der Waals surface area contributed by atoms with Gasteiger partial charge in [0.2, 0.25) is 4.47 Å². The van der Waals surface area contributed by atoms with Gasteiger partial charge in [0.05, 0.1) is 6.10 Å². The van der Waals surface area contributed by atoms with Crippen LogP contribution in [0.15, 0.2) is 0 Å². The van der Waals surface area contributed by atoms with Crippen molar-refractivity contribution in [2.75, 3.05) is 0 Å². The van der Waals surface area contributed by atoms with Crippen LogP contribution in [0.2, 0.25) is 4.47 Å². The third-order valence-electron chi connectivity index (χ3n) is 2.19. The van der Waals surface area contributed by atoms with E-state index in [0.29, 0.717) is 17.2 Å². The lowest BCUT2D eigenvalue weighted by atomic mass is 10.3. The third kappa shape index (κ3) is 2.62. The van der Waals surface area contributed by atoms with Gasteiger partial charge in [-0.1, -0.05) is 24.2 Å². The van der Waals surface area contributed by atoms with Crippen molar-refractivity contribution in [3.63, 3.8) is 0 Å². The standard InChI is InChI=1S/C8H11ClN2OS/c9-8-11-10-7(13-8)5-12-6-3-1-2-4-6/h6H,1-5H2. The van der Waals surface area contributed by atoms with E-state index in [2.05, 4.69) is 10.2 Å². The summed E-state index contributed by atoms with van der Waals surface area (Å²) in [7, 11) is 0. The average Bonchev–Trinajstić information content (AvgIpc) is 2.71. The summed E-state index contributed by atoms with van der Waals surface area (Å²) in [5.74, 6) is 0. The highest BCUT2D eigenvalue weighted by Gasteiger charge is 2.15. The number of nitrogens with zero attached hydrogens (tertiary/aromatic N) is 2. The molecule has 0 N–H and O–H groups in total. The van der Waals surface area contributed by atoms with Crippen molar-refractivity contribution < 1.29 is 4.74 Å². The van der Waals surface area contributed by atoms with Crippen LogP contribution in [0, 0.1) is 0 Å². The van der Waals surface area contributed by atoms with Gasteiger partial charge < -0.3 is 4.74 Å². The maximum Gasteiger partial charge on any atom is 0.207 e. The summed E-state index contributed by atoms with van der Waals surface area (Å²) in [6, 6.07) is 0. The molecule has 1 aromatic heterocycles. The highest BCUT2D eigenvalue weighted by molar-refractivity contribution is 7.15. The molecule has 0 spiro atoms. The molecule has 1 aliphatic rings. The highest BCUT2D eigenvalue weighted by Crippen LogP contribution is 2.23. The Bertz CT molecular complexity index is 273. The van der Waals surface area contributed by atoms with Gasteiger partial charge in [0.25, 0.3) is 0 Å². The minimum atomic E-state index is 0.433. The fraction of sp³-hybridized carbons (Fsp3) is 0.750. The Morgan fingerprint density at radius 2 is 2.15 bits per heavy atom. The number of rotatable bonds is 3. The SMILES string of the molecule is Clc1nnc(COC2CCCC2)s1. The summed E-state index contributed by atoms with van der Waals surface area (Å²) < 4.78 is 6.14. The van der Waals surface area contributed by atoms with Crippen molar-refractivity contribution in [1.82, 2.24) is 10.2 Å². The smallest absolute Gasteiger partial charge is 0.207 e. The second-order valence-corrected chi connectivity index (χ2v) is 4.81. The van der Waals surface area contributed by atoms with Crippen LogP contribution in [0.4, 0.5) is 0 Å². The fourth-order valence-electron chi connectivity index (χ4n) is 1.54. The van der Waals surface area contributed by atoms with Gasteiger partial charge in [-0.2, -0.15) is 0 Å². The van der Waals surface area contributed by atoms with Crippen molar-refractivity contribution in [2.45, 2.75) is 38.4 Å². The Balaban J connectivity index is 1.78. The van der Waals surface area contributed by atoms with E-state index >= 15 is 0 Å². The first-order chi connectivity index (χ1) is 6.34. The molecular weight excluding hydrogens is 208 g/mol. The van der Waals surface area contributed by atoms with Crippen molar-refractivity contribution >= 4 is 22.9 Å². The number of halogens is 1. The lowest BCUT2D eigenvalue weighted by Gasteiger charge is -2.07.